The van der Waals surface area contributed by atoms with Crippen LogP contribution in [0.15, 0.2) is 30.3 Å². The summed E-state index contributed by atoms with van der Waals surface area (Å²) in [5.41, 5.74) is 6.26. The molecule has 1 aromatic heterocycles. The summed E-state index contributed by atoms with van der Waals surface area (Å²) < 4.78 is 5.61. The van der Waals surface area contributed by atoms with Gasteiger partial charge in [-0.15, -0.1) is 11.3 Å². The number of hydrogen-bond acceptors (Lipinski definition) is 3. The number of rotatable bonds is 2. The van der Waals surface area contributed by atoms with Crippen molar-refractivity contribution in [2.24, 2.45) is 0 Å². The Morgan fingerprint density at radius 2 is 2.07 bits per heavy atom. The summed E-state index contributed by atoms with van der Waals surface area (Å²) >= 11 is 7.45. The fraction of sp³-hybridized carbons (Fsp3) is 0.0909. The second kappa shape index (κ2) is 4.13. The van der Waals surface area contributed by atoms with E-state index in [-0.39, 0.29) is 0 Å². The minimum absolute atomic E-state index is 0.582. The van der Waals surface area contributed by atoms with E-state index in [9.17, 15) is 0 Å². The minimum Gasteiger partial charge on any atom is -0.447 e. The van der Waals surface area contributed by atoms with Gasteiger partial charge in [0.2, 0.25) is 0 Å². The van der Waals surface area contributed by atoms with Crippen LogP contribution in [-0.2, 0) is 0 Å². The molecule has 0 atom stereocenters. The van der Waals surface area contributed by atoms with Gasteiger partial charge >= 0.3 is 0 Å². The molecule has 0 amide bonds. The quantitative estimate of drug-likeness (QED) is 0.802. The molecule has 2 rings (SSSR count). The van der Waals surface area contributed by atoms with E-state index in [1.807, 2.05) is 19.1 Å². The molecule has 0 aliphatic carbocycles. The fourth-order valence-corrected chi connectivity index (χ4v) is 2.19. The largest absolute Gasteiger partial charge is 0.447 e. The lowest BCUT2D eigenvalue weighted by atomic mass is 10.3. The van der Waals surface area contributed by atoms with Crippen LogP contribution in [-0.4, -0.2) is 0 Å². The molecule has 2 nitrogen and oxygen atoms in total. The normalized spacial score (nSPS) is 10.3. The van der Waals surface area contributed by atoms with E-state index in [0.717, 1.165) is 5.06 Å². The van der Waals surface area contributed by atoms with Gasteiger partial charge in [0, 0.05) is 21.7 Å². The van der Waals surface area contributed by atoms with Gasteiger partial charge in [0.25, 0.3) is 0 Å². The van der Waals surface area contributed by atoms with Crippen LogP contribution < -0.4 is 10.5 Å². The van der Waals surface area contributed by atoms with Gasteiger partial charge in [-0.2, -0.15) is 0 Å². The first-order valence-electron chi connectivity index (χ1n) is 4.44. The third-order valence-electron chi connectivity index (χ3n) is 1.83. The second-order valence-electron chi connectivity index (χ2n) is 3.19. The van der Waals surface area contributed by atoms with Crippen molar-refractivity contribution in [2.45, 2.75) is 6.92 Å². The Hall–Kier alpha value is -1.19. The Labute approximate surface area is 97.3 Å². The van der Waals surface area contributed by atoms with Crippen LogP contribution in [0.3, 0.4) is 0 Å². The third kappa shape index (κ3) is 2.64. The molecular weight excluding hydrogens is 230 g/mol. The Balaban J connectivity index is 2.24. The molecule has 0 radical (unpaired) electrons. The van der Waals surface area contributed by atoms with Gasteiger partial charge in [-0.3, -0.25) is 0 Å². The SMILES string of the molecule is Cc1ccc(Oc2cc(N)cc(Cl)c2)s1. The molecule has 2 N–H and O–H groups in total. The first-order valence-corrected chi connectivity index (χ1v) is 5.63. The molecule has 0 aliphatic rings. The smallest absolute Gasteiger partial charge is 0.181 e. The maximum Gasteiger partial charge on any atom is 0.181 e. The average molecular weight is 240 g/mol. The summed E-state index contributed by atoms with van der Waals surface area (Å²) in [5, 5.41) is 1.42. The van der Waals surface area contributed by atoms with Crippen LogP contribution >= 0.6 is 22.9 Å². The van der Waals surface area contributed by atoms with Crippen molar-refractivity contribution in [2.75, 3.05) is 5.73 Å². The van der Waals surface area contributed by atoms with Gasteiger partial charge < -0.3 is 10.5 Å². The highest BCUT2D eigenvalue weighted by atomic mass is 35.5. The maximum absolute atomic E-state index is 5.86. The second-order valence-corrected chi connectivity index (χ2v) is 4.87. The lowest BCUT2D eigenvalue weighted by molar-refractivity contribution is 0.497. The number of anilines is 1. The van der Waals surface area contributed by atoms with Crippen LogP contribution in [0, 0.1) is 6.92 Å². The van der Waals surface area contributed by atoms with Crippen molar-refractivity contribution in [1.82, 2.24) is 0 Å². The van der Waals surface area contributed by atoms with Gasteiger partial charge in [0.05, 0.1) is 0 Å². The van der Waals surface area contributed by atoms with Crippen LogP contribution in [0.5, 0.6) is 10.8 Å². The number of thiophene rings is 1. The molecular formula is C11H10ClNOS. The first kappa shape index (κ1) is 10.3. The number of nitrogens with two attached hydrogens (primary N) is 1. The zero-order valence-electron chi connectivity index (χ0n) is 8.16. The highest BCUT2D eigenvalue weighted by molar-refractivity contribution is 7.13. The predicted molar refractivity (Wildman–Crippen MR) is 65.0 cm³/mol. The summed E-state index contributed by atoms with van der Waals surface area (Å²) in [5.74, 6) is 0.668. The molecule has 4 heteroatoms. The zero-order valence-corrected chi connectivity index (χ0v) is 9.73. The molecule has 0 saturated carbocycles. The highest BCUT2D eigenvalue weighted by Crippen LogP contribution is 2.31. The Bertz CT molecular complexity index is 461. The molecule has 2 aromatic rings. The Morgan fingerprint density at radius 3 is 2.67 bits per heavy atom. The molecule has 0 bridgehead atoms. The van der Waals surface area contributed by atoms with Crippen LogP contribution in [0.1, 0.15) is 4.88 Å². The molecule has 1 aromatic carbocycles. The van der Waals surface area contributed by atoms with Crippen LogP contribution in [0.2, 0.25) is 5.02 Å². The van der Waals surface area contributed by atoms with Gasteiger partial charge in [-0.05, 0) is 31.2 Å². The summed E-state index contributed by atoms with van der Waals surface area (Å²) in [7, 11) is 0. The van der Waals surface area contributed by atoms with Gasteiger partial charge in [-0.1, -0.05) is 11.6 Å². The zero-order chi connectivity index (χ0) is 10.8. The fourth-order valence-electron chi connectivity index (χ4n) is 1.23. The van der Waals surface area contributed by atoms with Crippen molar-refractivity contribution in [3.8, 4) is 10.8 Å². The van der Waals surface area contributed by atoms with Crippen LogP contribution in [0.25, 0.3) is 0 Å². The summed E-state index contributed by atoms with van der Waals surface area (Å²) in [6.45, 7) is 2.03. The van der Waals surface area contributed by atoms with E-state index >= 15 is 0 Å². The van der Waals surface area contributed by atoms with Crippen molar-refractivity contribution < 1.29 is 4.74 Å². The van der Waals surface area contributed by atoms with Gasteiger partial charge in [0.1, 0.15) is 5.75 Å². The van der Waals surface area contributed by atoms with Gasteiger partial charge in [0.15, 0.2) is 5.06 Å². The molecule has 0 saturated heterocycles. The van der Waals surface area contributed by atoms with E-state index < -0.39 is 0 Å². The minimum atomic E-state index is 0.582. The van der Waals surface area contributed by atoms with E-state index in [2.05, 4.69) is 0 Å². The Kier molecular flexibility index (Phi) is 2.84. The van der Waals surface area contributed by atoms with Crippen molar-refractivity contribution in [3.05, 3.63) is 40.2 Å². The summed E-state index contributed by atoms with van der Waals surface area (Å²) in [4.78, 5) is 1.21. The van der Waals surface area contributed by atoms with Crippen molar-refractivity contribution >= 4 is 28.6 Å². The molecule has 0 unspecified atom stereocenters. The Morgan fingerprint density at radius 1 is 1.27 bits per heavy atom. The number of halogens is 1. The predicted octanol–water partition coefficient (Wildman–Crippen LogP) is 4.08. The van der Waals surface area contributed by atoms with E-state index in [1.54, 1.807) is 29.5 Å². The first-order chi connectivity index (χ1) is 7.13. The average Bonchev–Trinajstić information content (AvgIpc) is 2.49. The molecule has 78 valence electrons. The lowest BCUT2D eigenvalue weighted by Gasteiger charge is -2.04. The van der Waals surface area contributed by atoms with E-state index in [1.165, 1.54) is 4.88 Å². The molecule has 0 fully saturated rings. The number of nitrogen functional groups attached to an aromatic ring is 1. The number of hydrogen-bond donors (Lipinski definition) is 1. The standard InChI is InChI=1S/C11H10ClNOS/c1-7-2-3-11(15-7)14-10-5-8(12)4-9(13)6-10/h2-6H,13H2,1H3. The third-order valence-corrected chi connectivity index (χ3v) is 2.92. The van der Waals surface area contributed by atoms with Crippen molar-refractivity contribution in [1.29, 1.82) is 0 Å². The van der Waals surface area contributed by atoms with E-state index in [4.69, 9.17) is 22.1 Å². The number of ether oxygens (including phenoxy) is 1. The number of benzene rings is 1. The van der Waals surface area contributed by atoms with E-state index in [0.29, 0.717) is 16.5 Å². The number of aryl methyl sites for hydroxylation is 1. The molecule has 1 heterocycles. The highest BCUT2D eigenvalue weighted by Gasteiger charge is 2.02. The topological polar surface area (TPSA) is 35.2 Å². The summed E-state index contributed by atoms with van der Waals surface area (Å²) in [6.07, 6.45) is 0. The molecule has 0 spiro atoms. The monoisotopic (exact) mass is 239 g/mol. The van der Waals surface area contributed by atoms with Gasteiger partial charge in [-0.25, -0.2) is 0 Å². The van der Waals surface area contributed by atoms with Crippen LogP contribution in [0.4, 0.5) is 5.69 Å². The van der Waals surface area contributed by atoms with Crippen molar-refractivity contribution in [3.63, 3.8) is 0 Å². The maximum atomic E-state index is 5.86. The lowest BCUT2D eigenvalue weighted by Crippen LogP contribution is -1.86. The molecule has 15 heavy (non-hydrogen) atoms. The summed E-state index contributed by atoms with van der Waals surface area (Å²) in [6, 6.07) is 9.12. The molecule has 0 aliphatic heterocycles.